The molecule has 0 aliphatic carbocycles. The third-order valence-corrected chi connectivity index (χ3v) is 7.70. The molecule has 0 unspecified atom stereocenters. The van der Waals surface area contributed by atoms with Gasteiger partial charge in [0.25, 0.3) is 0 Å². The highest BCUT2D eigenvalue weighted by molar-refractivity contribution is 7.90. The molecule has 0 atom stereocenters. The fourth-order valence-electron chi connectivity index (χ4n) is 4.59. The Balaban J connectivity index is 1.33. The van der Waals surface area contributed by atoms with Crippen LogP contribution in [0.4, 0.5) is 10.2 Å². The summed E-state index contributed by atoms with van der Waals surface area (Å²) in [6, 6.07) is 13.2. The number of aromatic amines is 1. The Hall–Kier alpha value is -3.79. The van der Waals surface area contributed by atoms with Crippen molar-refractivity contribution in [3.8, 4) is 22.5 Å². The Bertz CT molecular complexity index is 1540. The molecule has 2 N–H and O–H groups in total. The average Bonchev–Trinajstić information content (AvgIpc) is 3.27. The predicted molar refractivity (Wildman–Crippen MR) is 135 cm³/mol. The highest BCUT2D eigenvalue weighted by Gasteiger charge is 2.22. The summed E-state index contributed by atoms with van der Waals surface area (Å²) in [5.41, 5.74) is 2.79. The van der Waals surface area contributed by atoms with Crippen LogP contribution >= 0.6 is 0 Å². The monoisotopic (exact) mass is 508 g/mol. The van der Waals surface area contributed by atoms with Gasteiger partial charge in [0.05, 0.1) is 21.5 Å². The van der Waals surface area contributed by atoms with E-state index in [1.54, 1.807) is 24.4 Å². The lowest BCUT2D eigenvalue weighted by atomic mass is 9.93. The number of benzene rings is 2. The number of hydrogen-bond donors (Lipinski definition) is 2. The van der Waals surface area contributed by atoms with E-state index in [9.17, 15) is 13.2 Å². The van der Waals surface area contributed by atoms with E-state index >= 15 is 4.39 Å². The lowest BCUT2D eigenvalue weighted by molar-refractivity contribution is -0.138. The molecule has 2 aromatic heterocycles. The Morgan fingerprint density at radius 1 is 1.11 bits per heavy atom. The number of carboxylic acid groups (broad SMARTS) is 1. The largest absolute Gasteiger partial charge is 0.481 e. The van der Waals surface area contributed by atoms with Gasteiger partial charge in [0.2, 0.25) is 0 Å². The van der Waals surface area contributed by atoms with Crippen molar-refractivity contribution >= 4 is 32.7 Å². The molecule has 1 fully saturated rings. The Morgan fingerprint density at radius 2 is 1.86 bits per heavy atom. The van der Waals surface area contributed by atoms with Crippen molar-refractivity contribution in [1.29, 1.82) is 0 Å². The van der Waals surface area contributed by atoms with E-state index in [1.807, 2.05) is 12.1 Å². The van der Waals surface area contributed by atoms with Gasteiger partial charge in [-0.1, -0.05) is 6.07 Å². The van der Waals surface area contributed by atoms with Crippen LogP contribution < -0.4 is 4.90 Å². The number of nitrogens with one attached hydrogen (secondary N) is 1. The summed E-state index contributed by atoms with van der Waals surface area (Å²) >= 11 is 0. The molecule has 4 aromatic rings. The smallest absolute Gasteiger partial charge is 0.303 e. The quantitative estimate of drug-likeness (QED) is 0.393. The number of carbonyl (C=O) groups is 1. The Morgan fingerprint density at radius 3 is 2.50 bits per heavy atom. The standard InChI is InChI=1S/C26H25FN4O4S/c1-36(34,35)19-4-6-22-23(14-19)30-26(29-22)20-5-2-17(13-21(20)27)18-3-7-24(28-15-18)31-10-8-16(9-11-31)12-25(32)33/h2-7,13-16H,8-12H2,1H3,(H,29,30)(H,32,33). The van der Waals surface area contributed by atoms with Crippen LogP contribution in [0.2, 0.25) is 0 Å². The summed E-state index contributed by atoms with van der Waals surface area (Å²) in [5.74, 6) is 0.128. The molecule has 1 saturated heterocycles. The summed E-state index contributed by atoms with van der Waals surface area (Å²) in [6.07, 6.45) is 4.69. The maximum absolute atomic E-state index is 15.1. The van der Waals surface area contributed by atoms with Crippen LogP contribution in [-0.4, -0.2) is 53.8 Å². The molecule has 1 aliphatic rings. The van der Waals surface area contributed by atoms with Gasteiger partial charge in [0.15, 0.2) is 9.84 Å². The zero-order chi connectivity index (χ0) is 25.4. The van der Waals surface area contributed by atoms with Crippen molar-refractivity contribution < 1.29 is 22.7 Å². The average molecular weight is 509 g/mol. The minimum Gasteiger partial charge on any atom is -0.481 e. The van der Waals surface area contributed by atoms with E-state index in [-0.39, 0.29) is 22.8 Å². The first-order valence-corrected chi connectivity index (χ1v) is 13.5. The Labute approximate surface area is 207 Å². The molecule has 0 spiro atoms. The molecule has 0 amide bonds. The molecule has 5 rings (SSSR count). The van der Waals surface area contributed by atoms with Gasteiger partial charge in [-0.15, -0.1) is 0 Å². The van der Waals surface area contributed by atoms with Crippen LogP contribution in [-0.2, 0) is 14.6 Å². The first-order chi connectivity index (χ1) is 17.2. The van der Waals surface area contributed by atoms with Crippen LogP contribution in [0.3, 0.4) is 0 Å². The molecule has 2 aromatic carbocycles. The molecule has 10 heteroatoms. The van der Waals surface area contributed by atoms with E-state index in [0.29, 0.717) is 22.4 Å². The molecule has 0 bridgehead atoms. The third kappa shape index (κ3) is 4.94. The lowest BCUT2D eigenvalue weighted by Gasteiger charge is -2.32. The van der Waals surface area contributed by atoms with Gasteiger partial charge in [-0.25, -0.2) is 22.8 Å². The summed E-state index contributed by atoms with van der Waals surface area (Å²) < 4.78 is 38.7. The zero-order valence-electron chi connectivity index (χ0n) is 19.6. The first kappa shape index (κ1) is 23.9. The van der Waals surface area contributed by atoms with Gasteiger partial charge >= 0.3 is 5.97 Å². The van der Waals surface area contributed by atoms with Crippen LogP contribution in [0.15, 0.2) is 59.6 Å². The summed E-state index contributed by atoms with van der Waals surface area (Å²) in [5, 5.41) is 8.98. The van der Waals surface area contributed by atoms with Gasteiger partial charge in [-0.05, 0) is 66.8 Å². The molecule has 186 valence electrons. The van der Waals surface area contributed by atoms with E-state index in [0.717, 1.165) is 43.6 Å². The highest BCUT2D eigenvalue weighted by atomic mass is 32.2. The van der Waals surface area contributed by atoms with Gasteiger partial charge < -0.3 is 15.0 Å². The van der Waals surface area contributed by atoms with E-state index in [1.165, 1.54) is 18.2 Å². The normalized spacial score (nSPS) is 14.9. The Kier molecular flexibility index (Phi) is 6.21. The highest BCUT2D eigenvalue weighted by Crippen LogP contribution is 2.30. The fourth-order valence-corrected chi connectivity index (χ4v) is 5.24. The van der Waals surface area contributed by atoms with E-state index in [2.05, 4.69) is 19.9 Å². The molecule has 3 heterocycles. The van der Waals surface area contributed by atoms with Crippen molar-refractivity contribution in [2.45, 2.75) is 24.2 Å². The number of pyridine rings is 1. The number of H-pyrrole nitrogens is 1. The maximum atomic E-state index is 15.1. The minimum absolute atomic E-state index is 0.168. The van der Waals surface area contributed by atoms with E-state index < -0.39 is 21.6 Å². The van der Waals surface area contributed by atoms with Crippen LogP contribution in [0, 0.1) is 11.7 Å². The van der Waals surface area contributed by atoms with Crippen molar-refractivity contribution in [2.75, 3.05) is 24.2 Å². The molecule has 1 aliphatic heterocycles. The topological polar surface area (TPSA) is 116 Å². The summed E-state index contributed by atoms with van der Waals surface area (Å²) in [7, 11) is -3.36. The van der Waals surface area contributed by atoms with Crippen LogP contribution in [0.1, 0.15) is 19.3 Å². The number of sulfone groups is 1. The molecule has 0 radical (unpaired) electrons. The van der Waals surface area contributed by atoms with Gasteiger partial charge in [-0.2, -0.15) is 0 Å². The first-order valence-electron chi connectivity index (χ1n) is 11.6. The van der Waals surface area contributed by atoms with Crippen molar-refractivity contribution in [3.05, 3.63) is 60.5 Å². The number of halogens is 1. The number of fused-ring (bicyclic) bond motifs is 1. The number of aliphatic carboxylic acids is 1. The fraction of sp³-hybridized carbons (Fsp3) is 0.269. The molecular formula is C26H25FN4O4S. The van der Waals surface area contributed by atoms with Crippen molar-refractivity contribution in [2.24, 2.45) is 5.92 Å². The number of hydrogen-bond acceptors (Lipinski definition) is 6. The minimum atomic E-state index is -3.36. The summed E-state index contributed by atoms with van der Waals surface area (Å²) in [4.78, 5) is 25.2. The molecule has 36 heavy (non-hydrogen) atoms. The van der Waals surface area contributed by atoms with Crippen molar-refractivity contribution in [1.82, 2.24) is 15.0 Å². The van der Waals surface area contributed by atoms with Gasteiger partial charge in [0.1, 0.15) is 17.5 Å². The second-order valence-electron chi connectivity index (χ2n) is 9.16. The number of piperidine rings is 1. The maximum Gasteiger partial charge on any atom is 0.303 e. The second kappa shape index (κ2) is 9.34. The van der Waals surface area contributed by atoms with Crippen molar-refractivity contribution in [3.63, 3.8) is 0 Å². The lowest BCUT2D eigenvalue weighted by Crippen LogP contribution is -2.34. The third-order valence-electron chi connectivity index (χ3n) is 6.59. The number of nitrogens with zero attached hydrogens (tertiary/aromatic N) is 3. The van der Waals surface area contributed by atoms with Crippen LogP contribution in [0.25, 0.3) is 33.5 Å². The molecule has 8 nitrogen and oxygen atoms in total. The van der Waals surface area contributed by atoms with Gasteiger partial charge in [0, 0.05) is 37.5 Å². The summed E-state index contributed by atoms with van der Waals surface area (Å²) in [6.45, 7) is 1.52. The van der Waals surface area contributed by atoms with Crippen LogP contribution in [0.5, 0.6) is 0 Å². The number of imidazole rings is 1. The predicted octanol–water partition coefficient (Wildman–Crippen LogP) is 4.53. The SMILES string of the molecule is CS(=O)(=O)c1ccc2nc(-c3ccc(-c4ccc(N5CCC(CC(=O)O)CC5)nc4)cc3F)[nH]c2c1. The number of rotatable bonds is 6. The van der Waals surface area contributed by atoms with Gasteiger partial charge in [-0.3, -0.25) is 4.79 Å². The molecular weight excluding hydrogens is 483 g/mol. The molecule has 0 saturated carbocycles. The van der Waals surface area contributed by atoms with E-state index in [4.69, 9.17) is 5.11 Å². The number of carboxylic acids is 1. The zero-order valence-corrected chi connectivity index (χ0v) is 20.4. The second-order valence-corrected chi connectivity index (χ2v) is 11.2. The number of anilines is 1. The number of aromatic nitrogens is 3.